The van der Waals surface area contributed by atoms with Gasteiger partial charge in [0.1, 0.15) is 0 Å². The fourth-order valence-electron chi connectivity index (χ4n) is 4.07. The molecule has 4 heteroatoms. The lowest BCUT2D eigenvalue weighted by molar-refractivity contribution is 1.73. The van der Waals surface area contributed by atoms with E-state index in [1.807, 2.05) is 72.8 Å². The normalized spacial score (nSPS) is 11.0. The second kappa shape index (κ2) is 7.67. The van der Waals surface area contributed by atoms with Gasteiger partial charge in [0, 0.05) is 22.7 Å². The zero-order valence-corrected chi connectivity index (χ0v) is 17.5. The lowest BCUT2D eigenvalue weighted by Gasteiger charge is -2.04. The molecule has 0 spiro atoms. The van der Waals surface area contributed by atoms with Gasteiger partial charge in [-0.2, -0.15) is 0 Å². The van der Waals surface area contributed by atoms with Crippen molar-refractivity contribution in [1.29, 1.82) is 0 Å². The summed E-state index contributed by atoms with van der Waals surface area (Å²) in [5.74, 6) is 0. The van der Waals surface area contributed by atoms with Gasteiger partial charge in [0.25, 0.3) is 0 Å². The Morgan fingerprint density at radius 1 is 0.250 bits per heavy atom. The molecule has 4 nitrogen and oxygen atoms in total. The molecule has 8 N–H and O–H groups in total. The van der Waals surface area contributed by atoms with Gasteiger partial charge in [-0.05, 0) is 116 Å². The molecule has 0 amide bonds. The quantitative estimate of drug-likeness (QED) is 0.172. The Kier molecular flexibility index (Phi) is 4.68. The van der Waals surface area contributed by atoms with Crippen molar-refractivity contribution in [2.45, 2.75) is 0 Å². The minimum absolute atomic E-state index is 0.788. The van der Waals surface area contributed by atoms with Gasteiger partial charge >= 0.3 is 0 Å². The SMILES string of the molecule is Nc1ccc2cc3cc(N)ccc3cc2c1.Nc1ccc2cc3ccc(N)cc3cc2c1. The van der Waals surface area contributed by atoms with Gasteiger partial charge in [-0.1, -0.05) is 24.3 Å². The van der Waals surface area contributed by atoms with E-state index in [2.05, 4.69) is 24.3 Å². The molecule has 6 rings (SSSR count). The van der Waals surface area contributed by atoms with Crippen LogP contribution in [0, 0.1) is 0 Å². The predicted octanol–water partition coefficient (Wildman–Crippen LogP) is 6.31. The minimum Gasteiger partial charge on any atom is -0.399 e. The summed E-state index contributed by atoms with van der Waals surface area (Å²) in [5, 5.41) is 9.41. The maximum absolute atomic E-state index is 5.77. The van der Waals surface area contributed by atoms with Gasteiger partial charge in [0.2, 0.25) is 0 Å². The lowest BCUT2D eigenvalue weighted by atomic mass is 10.0. The molecule has 6 aromatic carbocycles. The van der Waals surface area contributed by atoms with Gasteiger partial charge in [0.15, 0.2) is 0 Å². The van der Waals surface area contributed by atoms with Gasteiger partial charge in [0.05, 0.1) is 0 Å². The van der Waals surface area contributed by atoms with Crippen LogP contribution >= 0.6 is 0 Å². The first-order valence-electron chi connectivity index (χ1n) is 10.4. The molecule has 0 atom stereocenters. The van der Waals surface area contributed by atoms with E-state index in [4.69, 9.17) is 22.9 Å². The Hall–Kier alpha value is -4.44. The number of anilines is 4. The Morgan fingerprint density at radius 2 is 0.469 bits per heavy atom. The molecule has 0 aliphatic rings. The van der Waals surface area contributed by atoms with E-state index in [9.17, 15) is 0 Å². The van der Waals surface area contributed by atoms with Gasteiger partial charge in [-0.3, -0.25) is 0 Å². The highest BCUT2D eigenvalue weighted by Crippen LogP contribution is 2.27. The van der Waals surface area contributed by atoms with Crippen molar-refractivity contribution in [3.8, 4) is 0 Å². The maximum Gasteiger partial charge on any atom is 0.0320 e. The fraction of sp³-hybridized carbons (Fsp3) is 0. The van der Waals surface area contributed by atoms with Crippen molar-refractivity contribution in [1.82, 2.24) is 0 Å². The molecular formula is C28H24N4. The highest BCUT2D eigenvalue weighted by molar-refractivity contribution is 6.01. The molecule has 0 fully saturated rings. The summed E-state index contributed by atoms with van der Waals surface area (Å²) in [6.07, 6.45) is 0. The lowest BCUT2D eigenvalue weighted by Crippen LogP contribution is -1.86. The number of hydrogen-bond acceptors (Lipinski definition) is 4. The summed E-state index contributed by atoms with van der Waals surface area (Å²) in [6, 6.07) is 32.3. The number of nitrogen functional groups attached to an aromatic ring is 4. The summed E-state index contributed by atoms with van der Waals surface area (Å²) in [5.41, 5.74) is 26.3. The van der Waals surface area contributed by atoms with Crippen LogP contribution in [0.2, 0.25) is 0 Å². The topological polar surface area (TPSA) is 104 Å². The monoisotopic (exact) mass is 416 g/mol. The third kappa shape index (κ3) is 3.82. The van der Waals surface area contributed by atoms with Crippen LogP contribution in [0.5, 0.6) is 0 Å². The highest BCUT2D eigenvalue weighted by Gasteiger charge is 2.00. The number of hydrogen-bond donors (Lipinski definition) is 4. The largest absolute Gasteiger partial charge is 0.399 e. The van der Waals surface area contributed by atoms with Crippen molar-refractivity contribution in [2.75, 3.05) is 22.9 Å². The number of fused-ring (bicyclic) bond motifs is 4. The molecule has 0 aliphatic carbocycles. The van der Waals surface area contributed by atoms with Crippen molar-refractivity contribution >= 4 is 65.8 Å². The van der Waals surface area contributed by atoms with Crippen LogP contribution in [0.4, 0.5) is 22.7 Å². The Bertz CT molecular complexity index is 1500. The zero-order chi connectivity index (χ0) is 22.2. The van der Waals surface area contributed by atoms with Crippen LogP contribution in [0.15, 0.2) is 97.1 Å². The molecule has 0 radical (unpaired) electrons. The van der Waals surface area contributed by atoms with Gasteiger partial charge in [-0.15, -0.1) is 0 Å². The van der Waals surface area contributed by atoms with Crippen molar-refractivity contribution in [2.24, 2.45) is 0 Å². The third-order valence-electron chi connectivity index (χ3n) is 5.69. The van der Waals surface area contributed by atoms with Crippen molar-refractivity contribution < 1.29 is 0 Å². The van der Waals surface area contributed by atoms with Crippen LogP contribution in [-0.2, 0) is 0 Å². The molecule has 156 valence electrons. The Labute approximate surface area is 186 Å². The minimum atomic E-state index is 0.788. The van der Waals surface area contributed by atoms with Crippen LogP contribution in [0.25, 0.3) is 43.1 Å². The van der Waals surface area contributed by atoms with E-state index in [0.29, 0.717) is 0 Å². The molecule has 0 saturated heterocycles. The Balaban J connectivity index is 0.000000135. The molecule has 6 aromatic rings. The Morgan fingerprint density at radius 3 is 0.750 bits per heavy atom. The van der Waals surface area contributed by atoms with Crippen LogP contribution in [0.1, 0.15) is 0 Å². The molecule has 0 aromatic heterocycles. The van der Waals surface area contributed by atoms with Crippen LogP contribution < -0.4 is 22.9 Å². The average molecular weight is 417 g/mol. The first kappa shape index (κ1) is 19.5. The predicted molar refractivity (Wildman–Crippen MR) is 141 cm³/mol. The second-order valence-corrected chi connectivity index (χ2v) is 8.13. The summed E-state index contributed by atoms with van der Waals surface area (Å²) >= 11 is 0. The van der Waals surface area contributed by atoms with Crippen molar-refractivity contribution in [3.05, 3.63) is 97.1 Å². The van der Waals surface area contributed by atoms with Gasteiger partial charge in [-0.25, -0.2) is 0 Å². The standard InChI is InChI=1S/2C14H12N2/c15-13-3-1-9-5-12-8-14(16)4-2-10(12)6-11(9)7-13;15-13-3-1-9-5-10-2-4-14(16)8-12(10)6-11(9)7-13/h2*1-8H,15-16H2. The van der Waals surface area contributed by atoms with Crippen molar-refractivity contribution in [3.63, 3.8) is 0 Å². The average Bonchev–Trinajstić information content (AvgIpc) is 2.77. The summed E-state index contributed by atoms with van der Waals surface area (Å²) in [4.78, 5) is 0. The van der Waals surface area contributed by atoms with E-state index < -0.39 is 0 Å². The van der Waals surface area contributed by atoms with E-state index in [1.54, 1.807) is 0 Å². The zero-order valence-electron chi connectivity index (χ0n) is 17.5. The molecule has 0 unspecified atom stereocenters. The first-order valence-corrected chi connectivity index (χ1v) is 10.4. The maximum atomic E-state index is 5.77. The molecule has 0 saturated carbocycles. The van der Waals surface area contributed by atoms with E-state index in [1.165, 1.54) is 21.5 Å². The second-order valence-electron chi connectivity index (χ2n) is 8.13. The fourth-order valence-corrected chi connectivity index (χ4v) is 4.07. The third-order valence-corrected chi connectivity index (χ3v) is 5.69. The number of rotatable bonds is 0. The van der Waals surface area contributed by atoms with Crippen LogP contribution in [-0.4, -0.2) is 0 Å². The van der Waals surface area contributed by atoms with E-state index >= 15 is 0 Å². The van der Waals surface area contributed by atoms with Gasteiger partial charge < -0.3 is 22.9 Å². The molecule has 0 aliphatic heterocycles. The summed E-state index contributed by atoms with van der Waals surface area (Å²) < 4.78 is 0. The number of benzene rings is 6. The highest BCUT2D eigenvalue weighted by atomic mass is 14.5. The summed E-state index contributed by atoms with van der Waals surface area (Å²) in [7, 11) is 0. The molecule has 32 heavy (non-hydrogen) atoms. The number of nitrogens with two attached hydrogens (primary N) is 4. The molecule has 0 heterocycles. The molecular weight excluding hydrogens is 392 g/mol. The smallest absolute Gasteiger partial charge is 0.0320 e. The first-order chi connectivity index (χ1) is 15.4. The van der Waals surface area contributed by atoms with E-state index in [0.717, 1.165) is 44.3 Å². The van der Waals surface area contributed by atoms with Crippen LogP contribution in [0.3, 0.4) is 0 Å². The van der Waals surface area contributed by atoms with E-state index in [-0.39, 0.29) is 0 Å². The molecule has 0 bridgehead atoms. The summed E-state index contributed by atoms with van der Waals surface area (Å²) in [6.45, 7) is 0.